The van der Waals surface area contributed by atoms with Gasteiger partial charge in [-0.15, -0.1) is 0 Å². The number of pyridine rings is 1. The lowest BCUT2D eigenvalue weighted by molar-refractivity contribution is 0.0944. The molecule has 7 heteroatoms. The van der Waals surface area contributed by atoms with E-state index in [0.717, 1.165) is 41.8 Å². The zero-order valence-electron chi connectivity index (χ0n) is 14.9. The first-order valence-electron chi connectivity index (χ1n) is 8.80. The van der Waals surface area contributed by atoms with Crippen LogP contribution in [0, 0.1) is 5.82 Å². The Kier molecular flexibility index (Phi) is 4.58. The molecule has 0 saturated carbocycles. The van der Waals surface area contributed by atoms with Crippen molar-refractivity contribution in [2.75, 3.05) is 7.11 Å². The Balaban J connectivity index is 1.59. The summed E-state index contributed by atoms with van der Waals surface area (Å²) in [6, 6.07) is 9.78. The van der Waals surface area contributed by atoms with Crippen LogP contribution in [0.25, 0.3) is 5.69 Å². The average Bonchev–Trinajstić information content (AvgIpc) is 3.30. The lowest BCUT2D eigenvalue weighted by atomic mass is 10.2. The van der Waals surface area contributed by atoms with Crippen LogP contribution in [0.5, 0.6) is 5.88 Å². The smallest absolute Gasteiger partial charge is 0.272 e. The quantitative estimate of drug-likeness (QED) is 0.754. The van der Waals surface area contributed by atoms with Crippen molar-refractivity contribution >= 4 is 5.91 Å². The normalized spacial score (nSPS) is 12.7. The Bertz CT molecular complexity index is 982. The van der Waals surface area contributed by atoms with E-state index in [1.807, 2.05) is 6.07 Å². The van der Waals surface area contributed by atoms with Gasteiger partial charge in [-0.1, -0.05) is 6.07 Å². The van der Waals surface area contributed by atoms with Crippen molar-refractivity contribution in [3.8, 4) is 11.6 Å². The molecule has 138 valence electrons. The molecule has 1 aromatic carbocycles. The number of halogens is 1. The lowest BCUT2D eigenvalue weighted by Crippen LogP contribution is -2.24. The standard InChI is InChI=1S/C20H19FN4O2/c1-27-20-13(4-3-11-22-20)12-23-19(26)18-16-5-2-6-17(16)25(24-18)15-9-7-14(21)8-10-15/h3-4,7-11H,2,5-6,12H2,1H3,(H,23,26). The molecule has 0 fully saturated rings. The molecule has 0 atom stereocenters. The number of rotatable bonds is 5. The molecule has 0 unspecified atom stereocenters. The van der Waals surface area contributed by atoms with E-state index in [1.165, 1.54) is 12.1 Å². The number of nitrogens with zero attached hydrogens (tertiary/aromatic N) is 3. The molecular formula is C20H19FN4O2. The first-order valence-corrected chi connectivity index (χ1v) is 8.80. The van der Waals surface area contributed by atoms with Gasteiger partial charge in [-0.05, 0) is 49.6 Å². The summed E-state index contributed by atoms with van der Waals surface area (Å²) in [5.74, 6) is -0.0503. The molecule has 3 aromatic rings. The summed E-state index contributed by atoms with van der Waals surface area (Å²) in [6.45, 7) is 0.300. The van der Waals surface area contributed by atoms with Crippen LogP contribution in [0.15, 0.2) is 42.6 Å². The number of amides is 1. The second kappa shape index (κ2) is 7.19. The average molecular weight is 366 g/mol. The van der Waals surface area contributed by atoms with Crippen molar-refractivity contribution in [2.24, 2.45) is 0 Å². The fourth-order valence-corrected chi connectivity index (χ4v) is 3.42. The Morgan fingerprint density at radius 2 is 2.07 bits per heavy atom. The van der Waals surface area contributed by atoms with Crippen molar-refractivity contribution in [1.29, 1.82) is 0 Å². The van der Waals surface area contributed by atoms with Gasteiger partial charge in [-0.2, -0.15) is 5.10 Å². The number of carbonyl (C=O) groups is 1. The van der Waals surface area contributed by atoms with E-state index in [-0.39, 0.29) is 11.7 Å². The summed E-state index contributed by atoms with van der Waals surface area (Å²) >= 11 is 0. The van der Waals surface area contributed by atoms with Crippen LogP contribution in [-0.2, 0) is 19.4 Å². The molecule has 2 heterocycles. The highest BCUT2D eigenvalue weighted by atomic mass is 19.1. The molecule has 1 amide bonds. The molecule has 1 N–H and O–H groups in total. The number of methoxy groups -OCH3 is 1. The van der Waals surface area contributed by atoms with Crippen molar-refractivity contribution in [3.05, 3.63) is 70.9 Å². The summed E-state index contributed by atoms with van der Waals surface area (Å²) in [5, 5.41) is 7.42. The van der Waals surface area contributed by atoms with Gasteiger partial charge in [0.2, 0.25) is 5.88 Å². The molecule has 6 nitrogen and oxygen atoms in total. The van der Waals surface area contributed by atoms with E-state index in [2.05, 4.69) is 15.4 Å². The lowest BCUT2D eigenvalue weighted by Gasteiger charge is -2.08. The summed E-state index contributed by atoms with van der Waals surface area (Å²) in [5.41, 5.74) is 3.96. The Labute approximate surface area is 156 Å². The Morgan fingerprint density at radius 3 is 2.85 bits per heavy atom. The summed E-state index contributed by atoms with van der Waals surface area (Å²) < 4.78 is 20.2. The minimum atomic E-state index is -0.300. The first-order chi connectivity index (χ1) is 13.2. The Hall–Kier alpha value is -3.22. The van der Waals surface area contributed by atoms with Gasteiger partial charge in [-0.3, -0.25) is 4.79 Å². The van der Waals surface area contributed by atoms with Crippen LogP contribution in [0.2, 0.25) is 0 Å². The van der Waals surface area contributed by atoms with Gasteiger partial charge in [-0.25, -0.2) is 14.1 Å². The number of fused-ring (bicyclic) bond motifs is 1. The summed E-state index contributed by atoms with van der Waals surface area (Å²) in [4.78, 5) is 16.9. The maximum atomic E-state index is 13.2. The molecular weight excluding hydrogens is 347 g/mol. The second-order valence-corrected chi connectivity index (χ2v) is 6.37. The van der Waals surface area contributed by atoms with E-state index in [0.29, 0.717) is 18.1 Å². The van der Waals surface area contributed by atoms with Gasteiger partial charge in [0.1, 0.15) is 5.82 Å². The Morgan fingerprint density at radius 1 is 1.26 bits per heavy atom. The van der Waals surface area contributed by atoms with E-state index < -0.39 is 0 Å². The molecule has 4 rings (SSSR count). The van der Waals surface area contributed by atoms with E-state index in [4.69, 9.17) is 4.74 Å². The highest BCUT2D eigenvalue weighted by Gasteiger charge is 2.27. The topological polar surface area (TPSA) is 69.0 Å². The van der Waals surface area contributed by atoms with E-state index in [9.17, 15) is 9.18 Å². The highest BCUT2D eigenvalue weighted by molar-refractivity contribution is 5.94. The van der Waals surface area contributed by atoms with Gasteiger partial charge in [0.15, 0.2) is 5.69 Å². The maximum absolute atomic E-state index is 13.2. The zero-order valence-corrected chi connectivity index (χ0v) is 14.9. The summed E-state index contributed by atoms with van der Waals surface area (Å²) in [6.07, 6.45) is 4.28. The highest BCUT2D eigenvalue weighted by Crippen LogP contribution is 2.28. The third-order valence-corrected chi connectivity index (χ3v) is 4.70. The molecule has 1 aliphatic rings. The molecule has 0 radical (unpaired) electrons. The molecule has 27 heavy (non-hydrogen) atoms. The van der Waals surface area contributed by atoms with Crippen LogP contribution in [0.4, 0.5) is 4.39 Å². The van der Waals surface area contributed by atoms with Crippen molar-refractivity contribution in [1.82, 2.24) is 20.1 Å². The molecule has 2 aromatic heterocycles. The fourth-order valence-electron chi connectivity index (χ4n) is 3.42. The van der Waals surface area contributed by atoms with Gasteiger partial charge >= 0.3 is 0 Å². The number of hydrogen-bond acceptors (Lipinski definition) is 4. The fraction of sp³-hybridized carbons (Fsp3) is 0.250. The van der Waals surface area contributed by atoms with Gasteiger partial charge in [0.25, 0.3) is 5.91 Å². The number of hydrogen-bond donors (Lipinski definition) is 1. The van der Waals surface area contributed by atoms with E-state index >= 15 is 0 Å². The number of carbonyl (C=O) groups excluding carboxylic acids is 1. The minimum absolute atomic E-state index is 0.236. The zero-order chi connectivity index (χ0) is 18.8. The third kappa shape index (κ3) is 3.28. The molecule has 0 aliphatic heterocycles. The predicted octanol–water partition coefficient (Wildman–Crippen LogP) is 2.83. The third-order valence-electron chi connectivity index (χ3n) is 4.70. The van der Waals surface area contributed by atoms with Gasteiger partial charge in [0, 0.05) is 29.6 Å². The predicted molar refractivity (Wildman–Crippen MR) is 97.5 cm³/mol. The molecule has 0 spiro atoms. The second-order valence-electron chi connectivity index (χ2n) is 6.37. The summed E-state index contributed by atoms with van der Waals surface area (Å²) in [7, 11) is 1.55. The molecule has 0 bridgehead atoms. The number of benzene rings is 1. The van der Waals surface area contributed by atoms with E-state index in [1.54, 1.807) is 36.2 Å². The number of ether oxygens (including phenoxy) is 1. The SMILES string of the molecule is COc1ncccc1CNC(=O)c1nn(-c2ccc(F)cc2)c2c1CCC2. The van der Waals surface area contributed by atoms with Crippen LogP contribution in [0.3, 0.4) is 0 Å². The van der Waals surface area contributed by atoms with Crippen LogP contribution in [-0.4, -0.2) is 27.8 Å². The largest absolute Gasteiger partial charge is 0.481 e. The molecule has 0 saturated heterocycles. The van der Waals surface area contributed by atoms with Crippen molar-refractivity contribution in [3.63, 3.8) is 0 Å². The van der Waals surface area contributed by atoms with Crippen molar-refractivity contribution < 1.29 is 13.9 Å². The van der Waals surface area contributed by atoms with Gasteiger partial charge < -0.3 is 10.1 Å². The van der Waals surface area contributed by atoms with Gasteiger partial charge in [0.05, 0.1) is 12.8 Å². The van der Waals surface area contributed by atoms with Crippen LogP contribution < -0.4 is 10.1 Å². The monoisotopic (exact) mass is 366 g/mol. The van der Waals surface area contributed by atoms with Crippen LogP contribution in [0.1, 0.15) is 33.7 Å². The maximum Gasteiger partial charge on any atom is 0.272 e. The van der Waals surface area contributed by atoms with Crippen molar-refractivity contribution in [2.45, 2.75) is 25.8 Å². The minimum Gasteiger partial charge on any atom is -0.481 e. The molecule has 1 aliphatic carbocycles. The number of aromatic nitrogens is 3. The number of nitrogens with one attached hydrogen (secondary N) is 1. The van der Waals surface area contributed by atoms with Crippen LogP contribution >= 0.6 is 0 Å². The first kappa shape index (κ1) is 17.2.